The van der Waals surface area contributed by atoms with Gasteiger partial charge >= 0.3 is 0 Å². The van der Waals surface area contributed by atoms with Crippen LogP contribution in [0, 0.1) is 13.8 Å². The standard InChI is InChI=1S/C64H79BN2O/c1-38-30-42(59(3,4)5)23-25-50(38)66-52-34-43(60(6,7)8)22-24-49(52)65-56-53(66)32-41(40-20-18-17-19-21-40)33-54(56)67(51-36-47-45(31-39(51)2)61(9,10)26-28-63(47,13)14)57-44-35-46-48(37-55(44)68-58(57)65)64(15,16)29-27-62(46,11)12/h22-25,30-37,40H,17-21,26-29H2,1-16H3. The molecule has 68 heavy (non-hydrogen) atoms. The fourth-order valence-corrected chi connectivity index (χ4v) is 13.5. The van der Waals surface area contributed by atoms with E-state index in [4.69, 9.17) is 4.42 Å². The van der Waals surface area contributed by atoms with Crippen LogP contribution in [0.15, 0.2) is 77.2 Å². The molecule has 0 amide bonds. The summed E-state index contributed by atoms with van der Waals surface area (Å²) in [6.45, 7) is 38.5. The first kappa shape index (κ1) is 45.7. The number of anilines is 6. The molecule has 0 spiro atoms. The van der Waals surface area contributed by atoms with E-state index in [9.17, 15) is 0 Å². The smallest absolute Gasteiger partial charge is 0.297 e. The van der Waals surface area contributed by atoms with Crippen LogP contribution in [0.25, 0.3) is 11.0 Å². The van der Waals surface area contributed by atoms with Crippen LogP contribution in [0.5, 0.6) is 0 Å². The minimum Gasteiger partial charge on any atom is -0.468 e. The molecule has 3 nitrogen and oxygen atoms in total. The van der Waals surface area contributed by atoms with Crippen molar-refractivity contribution < 1.29 is 4.42 Å². The number of furan rings is 1. The van der Waals surface area contributed by atoms with E-state index in [2.05, 4.69) is 193 Å². The van der Waals surface area contributed by atoms with Crippen molar-refractivity contribution in [3.8, 4) is 0 Å². The SMILES string of the molecule is Cc1cc(C(C)(C)C)ccc1N1c2cc(C(C)(C)C)ccc2B2c3oc4cc5c(cc4c3N(c3cc4c(cc3C)C(C)(C)CCC4(C)C)c3cc(C4CCCCC4)cc1c32)C(C)(C)CCC5(C)C. The molecule has 0 saturated heterocycles. The number of nitrogens with zero attached hydrogens (tertiary/aromatic N) is 2. The Kier molecular flexibility index (Phi) is 10.0. The van der Waals surface area contributed by atoms with Crippen molar-refractivity contribution in [3.05, 3.63) is 123 Å². The molecule has 4 heteroatoms. The molecule has 3 heterocycles. The lowest BCUT2D eigenvalue weighted by atomic mass is 9.35. The third-order valence-electron chi connectivity index (χ3n) is 18.3. The van der Waals surface area contributed by atoms with Crippen LogP contribution in [0.1, 0.15) is 211 Å². The van der Waals surface area contributed by atoms with Gasteiger partial charge in [0.15, 0.2) is 0 Å². The molecule has 0 N–H and O–H groups in total. The van der Waals surface area contributed by atoms with E-state index in [0.29, 0.717) is 5.92 Å². The van der Waals surface area contributed by atoms with Crippen LogP contribution >= 0.6 is 0 Å². The molecule has 1 saturated carbocycles. The quantitative estimate of drug-likeness (QED) is 0.165. The van der Waals surface area contributed by atoms with E-state index in [-0.39, 0.29) is 39.2 Å². The average molecular weight is 903 g/mol. The lowest BCUT2D eigenvalue weighted by molar-refractivity contribution is 0.332. The highest BCUT2D eigenvalue weighted by Crippen LogP contribution is 2.55. The Morgan fingerprint density at radius 2 is 1.03 bits per heavy atom. The molecule has 5 aliphatic rings. The summed E-state index contributed by atoms with van der Waals surface area (Å²) in [5, 5.41) is 1.25. The van der Waals surface area contributed by atoms with Gasteiger partial charge in [-0.25, -0.2) is 0 Å². The molecule has 3 aliphatic carbocycles. The number of hydrogen-bond acceptors (Lipinski definition) is 3. The minimum absolute atomic E-state index is 0.0277. The number of benzene rings is 5. The van der Waals surface area contributed by atoms with Crippen LogP contribution in [0.2, 0.25) is 0 Å². The van der Waals surface area contributed by atoms with E-state index in [1.807, 2.05) is 0 Å². The molecule has 6 aromatic rings. The van der Waals surface area contributed by atoms with Crippen LogP contribution in [-0.2, 0) is 32.5 Å². The number of fused-ring (bicyclic) bond motifs is 8. The predicted octanol–water partition coefficient (Wildman–Crippen LogP) is 16.5. The van der Waals surface area contributed by atoms with Gasteiger partial charge in [-0.1, -0.05) is 147 Å². The van der Waals surface area contributed by atoms with E-state index >= 15 is 0 Å². The maximum absolute atomic E-state index is 7.70. The second kappa shape index (κ2) is 14.9. The van der Waals surface area contributed by atoms with Crippen molar-refractivity contribution in [2.45, 2.75) is 207 Å². The third-order valence-corrected chi connectivity index (χ3v) is 18.3. The molecule has 11 rings (SSSR count). The van der Waals surface area contributed by atoms with Crippen LogP contribution in [0.4, 0.5) is 34.1 Å². The minimum atomic E-state index is -0.0835. The molecule has 0 bridgehead atoms. The van der Waals surface area contributed by atoms with Gasteiger partial charge in [-0.15, -0.1) is 0 Å². The highest BCUT2D eigenvalue weighted by Gasteiger charge is 2.49. The molecule has 1 fully saturated rings. The highest BCUT2D eigenvalue weighted by molar-refractivity contribution is 7.00. The topological polar surface area (TPSA) is 19.6 Å². The summed E-state index contributed by atoms with van der Waals surface area (Å²) in [7, 11) is 0. The Bertz CT molecular complexity index is 3060. The third kappa shape index (κ3) is 6.93. The van der Waals surface area contributed by atoms with Gasteiger partial charge in [-0.3, -0.25) is 0 Å². The van der Waals surface area contributed by atoms with Gasteiger partial charge in [-0.05, 0) is 194 Å². The zero-order chi connectivity index (χ0) is 48.4. The summed E-state index contributed by atoms with van der Waals surface area (Å²) in [5.74, 6) is 0.515. The summed E-state index contributed by atoms with van der Waals surface area (Å²) in [4.78, 5) is 5.43. The van der Waals surface area contributed by atoms with Gasteiger partial charge in [0.2, 0.25) is 0 Å². The van der Waals surface area contributed by atoms with E-state index in [0.717, 1.165) is 11.2 Å². The maximum atomic E-state index is 7.70. The van der Waals surface area contributed by atoms with Crippen LogP contribution in [-0.4, -0.2) is 6.71 Å². The first-order valence-corrected chi connectivity index (χ1v) is 26.6. The van der Waals surface area contributed by atoms with E-state index in [1.165, 1.54) is 158 Å². The second-order valence-corrected chi connectivity index (χ2v) is 27.1. The Morgan fingerprint density at radius 3 is 1.62 bits per heavy atom. The van der Waals surface area contributed by atoms with Gasteiger partial charge in [0.1, 0.15) is 5.58 Å². The summed E-state index contributed by atoms with van der Waals surface area (Å²) in [5.41, 5.74) is 25.6. The Morgan fingerprint density at radius 1 is 0.515 bits per heavy atom. The summed E-state index contributed by atoms with van der Waals surface area (Å²) in [6.07, 6.45) is 11.1. The maximum Gasteiger partial charge on any atom is 0.297 e. The molecule has 1 aromatic heterocycles. The fourth-order valence-electron chi connectivity index (χ4n) is 13.5. The van der Waals surface area contributed by atoms with Crippen molar-refractivity contribution >= 4 is 68.4 Å². The lowest BCUT2D eigenvalue weighted by Crippen LogP contribution is -2.61. The summed E-state index contributed by atoms with van der Waals surface area (Å²) >= 11 is 0. The van der Waals surface area contributed by atoms with Gasteiger partial charge < -0.3 is 14.2 Å². The lowest BCUT2D eigenvalue weighted by Gasteiger charge is -2.46. The average Bonchev–Trinajstić information content (AvgIpc) is 3.64. The van der Waals surface area contributed by atoms with Gasteiger partial charge in [-0.2, -0.15) is 0 Å². The highest BCUT2D eigenvalue weighted by atomic mass is 16.3. The van der Waals surface area contributed by atoms with E-state index in [1.54, 1.807) is 0 Å². The Hall–Kier alpha value is -4.70. The van der Waals surface area contributed by atoms with Crippen molar-refractivity contribution in [1.82, 2.24) is 0 Å². The first-order chi connectivity index (χ1) is 31.8. The molecular weight excluding hydrogens is 824 g/mol. The zero-order valence-corrected chi connectivity index (χ0v) is 44.7. The molecular formula is C64H79BN2O. The van der Waals surface area contributed by atoms with Crippen LogP contribution in [0.3, 0.4) is 0 Å². The normalized spacial score (nSPS) is 20.1. The molecule has 0 unspecified atom stereocenters. The molecule has 0 radical (unpaired) electrons. The zero-order valence-electron chi connectivity index (χ0n) is 44.7. The molecule has 354 valence electrons. The first-order valence-electron chi connectivity index (χ1n) is 26.6. The molecule has 2 aliphatic heterocycles. The number of aryl methyl sites for hydroxylation is 2. The van der Waals surface area contributed by atoms with Crippen LogP contribution < -0.4 is 26.4 Å². The van der Waals surface area contributed by atoms with Gasteiger partial charge in [0.25, 0.3) is 6.71 Å². The Balaban J connectivity index is 1.30. The van der Waals surface area contributed by atoms with Crippen molar-refractivity contribution in [2.75, 3.05) is 9.80 Å². The van der Waals surface area contributed by atoms with Crippen molar-refractivity contribution in [1.29, 1.82) is 0 Å². The van der Waals surface area contributed by atoms with Crippen molar-refractivity contribution in [2.24, 2.45) is 0 Å². The van der Waals surface area contributed by atoms with Crippen molar-refractivity contribution in [3.63, 3.8) is 0 Å². The summed E-state index contributed by atoms with van der Waals surface area (Å²) in [6, 6.07) is 30.3. The fraction of sp³-hybridized carbons (Fsp3) is 0.500. The number of hydrogen-bond donors (Lipinski definition) is 0. The molecule has 0 atom stereocenters. The largest absolute Gasteiger partial charge is 0.468 e. The van der Waals surface area contributed by atoms with E-state index < -0.39 is 0 Å². The monoisotopic (exact) mass is 903 g/mol. The summed E-state index contributed by atoms with van der Waals surface area (Å²) < 4.78 is 7.70. The molecule has 5 aromatic carbocycles. The Labute approximate surface area is 410 Å². The second-order valence-electron chi connectivity index (χ2n) is 27.1. The van der Waals surface area contributed by atoms with Gasteiger partial charge in [0.05, 0.1) is 11.3 Å². The van der Waals surface area contributed by atoms with Gasteiger partial charge in [0, 0.05) is 33.8 Å². The predicted molar refractivity (Wildman–Crippen MR) is 294 cm³/mol. The number of rotatable bonds is 3.